The van der Waals surface area contributed by atoms with E-state index in [0.29, 0.717) is 0 Å². The Morgan fingerprint density at radius 3 is 2.68 bits per heavy atom. The number of aromatic hydroxyl groups is 1. The molecule has 2 aromatic rings. The van der Waals surface area contributed by atoms with Gasteiger partial charge in [-0.3, -0.25) is 19.7 Å². The normalized spacial score (nSPS) is 10.9. The van der Waals surface area contributed by atoms with Crippen molar-refractivity contribution in [2.24, 2.45) is 0 Å². The second kappa shape index (κ2) is 6.30. The van der Waals surface area contributed by atoms with Crippen LogP contribution in [0.15, 0.2) is 41.3 Å². The third-order valence-corrected chi connectivity index (χ3v) is 3.60. The molecule has 0 aliphatic rings. The van der Waals surface area contributed by atoms with Crippen LogP contribution in [0.4, 0.5) is 0 Å². The van der Waals surface area contributed by atoms with Gasteiger partial charge in [0, 0.05) is 18.3 Å². The Balaban J connectivity index is 2.17. The van der Waals surface area contributed by atoms with E-state index in [1.807, 2.05) is 32.0 Å². The van der Waals surface area contributed by atoms with Gasteiger partial charge in [0.2, 0.25) is 5.43 Å². The Labute approximate surface area is 128 Å². The van der Waals surface area contributed by atoms with Crippen molar-refractivity contribution in [1.82, 2.24) is 4.68 Å². The molecule has 0 radical (unpaired) electrons. The van der Waals surface area contributed by atoms with Crippen LogP contribution in [-0.4, -0.2) is 15.7 Å². The molecule has 5 nitrogen and oxygen atoms in total. The van der Waals surface area contributed by atoms with E-state index in [9.17, 15) is 14.7 Å². The number of pyridine rings is 1. The van der Waals surface area contributed by atoms with E-state index in [1.165, 1.54) is 23.0 Å². The number of benzene rings is 1. The van der Waals surface area contributed by atoms with Crippen molar-refractivity contribution >= 4 is 12.0 Å². The van der Waals surface area contributed by atoms with Gasteiger partial charge < -0.3 is 5.11 Å². The summed E-state index contributed by atoms with van der Waals surface area (Å²) in [5.41, 5.74) is 5.61. The fraction of sp³-hybridized carbons (Fsp3) is 0.176. The van der Waals surface area contributed by atoms with Gasteiger partial charge in [-0.1, -0.05) is 18.2 Å². The largest absolute Gasteiger partial charge is 0.503 e. The maximum absolute atomic E-state index is 12.0. The average Bonchev–Trinajstić information content (AvgIpc) is 2.49. The molecule has 1 amide bonds. The molecule has 0 bridgehead atoms. The molecule has 22 heavy (non-hydrogen) atoms. The summed E-state index contributed by atoms with van der Waals surface area (Å²) in [6.07, 6.45) is 4.55. The van der Waals surface area contributed by atoms with Crippen molar-refractivity contribution < 1.29 is 9.90 Å². The van der Waals surface area contributed by atoms with Crippen LogP contribution < -0.4 is 10.9 Å². The van der Waals surface area contributed by atoms with Gasteiger partial charge in [-0.05, 0) is 43.5 Å². The molecular weight excluding hydrogens is 280 g/mol. The summed E-state index contributed by atoms with van der Waals surface area (Å²) in [7, 11) is 0. The molecule has 0 aliphatic carbocycles. The van der Waals surface area contributed by atoms with E-state index >= 15 is 0 Å². The van der Waals surface area contributed by atoms with Crippen LogP contribution in [-0.2, 0) is 4.79 Å². The van der Waals surface area contributed by atoms with E-state index in [1.54, 1.807) is 13.0 Å². The zero-order valence-electron chi connectivity index (χ0n) is 12.8. The van der Waals surface area contributed by atoms with Gasteiger partial charge in [0.05, 0.1) is 5.69 Å². The number of nitrogens with zero attached hydrogens (tertiary/aromatic N) is 1. The Hall–Kier alpha value is -2.82. The van der Waals surface area contributed by atoms with Gasteiger partial charge in [-0.25, -0.2) is 0 Å². The topological polar surface area (TPSA) is 71.3 Å². The Morgan fingerprint density at radius 2 is 1.95 bits per heavy atom. The van der Waals surface area contributed by atoms with E-state index in [4.69, 9.17) is 0 Å². The predicted molar refractivity (Wildman–Crippen MR) is 86.4 cm³/mol. The minimum atomic E-state index is -0.478. The van der Waals surface area contributed by atoms with Gasteiger partial charge in [0.25, 0.3) is 5.91 Å². The first kappa shape index (κ1) is 15.6. The first-order valence-corrected chi connectivity index (χ1v) is 6.86. The SMILES string of the molecule is Cc1cccc(/C=C/C(=O)Nn2ccc(=O)c(O)c2C)c1C. The zero-order valence-corrected chi connectivity index (χ0v) is 12.8. The molecule has 0 aliphatic heterocycles. The van der Waals surface area contributed by atoms with Crippen molar-refractivity contribution in [1.29, 1.82) is 0 Å². The van der Waals surface area contributed by atoms with Crippen LogP contribution in [0.3, 0.4) is 0 Å². The third kappa shape index (κ3) is 3.25. The smallest absolute Gasteiger partial charge is 0.262 e. The quantitative estimate of drug-likeness (QED) is 0.854. The molecule has 1 aromatic carbocycles. The number of rotatable bonds is 3. The van der Waals surface area contributed by atoms with E-state index in [2.05, 4.69) is 5.43 Å². The molecule has 0 saturated carbocycles. The van der Waals surface area contributed by atoms with Crippen molar-refractivity contribution in [3.8, 4) is 5.75 Å². The molecular formula is C17H18N2O3. The van der Waals surface area contributed by atoms with Gasteiger partial charge >= 0.3 is 0 Å². The summed E-state index contributed by atoms with van der Waals surface area (Å²) < 4.78 is 1.31. The van der Waals surface area contributed by atoms with E-state index < -0.39 is 5.43 Å². The summed E-state index contributed by atoms with van der Waals surface area (Å²) in [5.74, 6) is -0.728. The standard InChI is InChI=1S/C17H18N2O3/c1-11-5-4-6-14(12(11)2)7-8-16(21)18-19-10-9-15(20)17(22)13(19)3/h4-10,22H,1-3H3,(H,18,21)/b8-7+. The highest BCUT2D eigenvalue weighted by Gasteiger charge is 2.06. The molecule has 1 aromatic heterocycles. The molecule has 0 spiro atoms. The number of amides is 1. The summed E-state index contributed by atoms with van der Waals surface area (Å²) in [4.78, 5) is 23.2. The van der Waals surface area contributed by atoms with Crippen LogP contribution >= 0.6 is 0 Å². The number of carbonyl (C=O) groups is 1. The van der Waals surface area contributed by atoms with Gasteiger partial charge in [0.1, 0.15) is 0 Å². The summed E-state index contributed by atoms with van der Waals surface area (Å²) in [5, 5.41) is 9.57. The molecule has 0 fully saturated rings. The Kier molecular flexibility index (Phi) is 4.46. The number of hydrogen-bond acceptors (Lipinski definition) is 3. The van der Waals surface area contributed by atoms with Crippen LogP contribution in [0.25, 0.3) is 6.08 Å². The lowest BCUT2D eigenvalue weighted by atomic mass is 10.0. The monoisotopic (exact) mass is 298 g/mol. The molecule has 0 saturated heterocycles. The highest BCUT2D eigenvalue weighted by Crippen LogP contribution is 2.14. The van der Waals surface area contributed by atoms with Crippen LogP contribution in [0.2, 0.25) is 0 Å². The number of hydrogen-bond donors (Lipinski definition) is 2. The summed E-state index contributed by atoms with van der Waals surface area (Å²) >= 11 is 0. The molecule has 2 rings (SSSR count). The van der Waals surface area contributed by atoms with Crippen LogP contribution in [0.5, 0.6) is 5.75 Å². The first-order chi connectivity index (χ1) is 10.4. The molecule has 0 unspecified atom stereocenters. The van der Waals surface area contributed by atoms with Crippen LogP contribution in [0, 0.1) is 20.8 Å². The van der Waals surface area contributed by atoms with Crippen molar-refractivity contribution in [2.45, 2.75) is 20.8 Å². The van der Waals surface area contributed by atoms with E-state index in [0.717, 1.165) is 16.7 Å². The van der Waals surface area contributed by atoms with Crippen molar-refractivity contribution in [3.63, 3.8) is 0 Å². The zero-order chi connectivity index (χ0) is 16.3. The summed E-state index contributed by atoms with van der Waals surface area (Å²) in [6.45, 7) is 5.56. The minimum absolute atomic E-state index is 0.279. The Morgan fingerprint density at radius 1 is 1.23 bits per heavy atom. The Bertz CT molecular complexity index is 804. The third-order valence-electron chi connectivity index (χ3n) is 3.60. The maximum Gasteiger partial charge on any atom is 0.262 e. The predicted octanol–water partition coefficient (Wildman–Crippen LogP) is 2.26. The van der Waals surface area contributed by atoms with E-state index in [-0.39, 0.29) is 17.4 Å². The first-order valence-electron chi connectivity index (χ1n) is 6.86. The molecule has 114 valence electrons. The fourth-order valence-electron chi connectivity index (χ4n) is 2.02. The van der Waals surface area contributed by atoms with Crippen LogP contribution in [0.1, 0.15) is 22.4 Å². The van der Waals surface area contributed by atoms with Gasteiger partial charge in [-0.15, -0.1) is 0 Å². The molecule has 1 heterocycles. The van der Waals surface area contributed by atoms with Gasteiger partial charge in [-0.2, -0.15) is 0 Å². The van der Waals surface area contributed by atoms with Crippen molar-refractivity contribution in [2.75, 3.05) is 5.43 Å². The lowest BCUT2D eigenvalue weighted by Crippen LogP contribution is -2.24. The maximum atomic E-state index is 12.0. The number of carbonyl (C=O) groups excluding carboxylic acids is 1. The second-order valence-corrected chi connectivity index (χ2v) is 5.08. The lowest BCUT2D eigenvalue weighted by molar-refractivity contribution is -0.112. The molecule has 5 heteroatoms. The highest BCUT2D eigenvalue weighted by atomic mass is 16.3. The lowest BCUT2D eigenvalue weighted by Gasteiger charge is -2.11. The summed E-state index contributed by atoms with van der Waals surface area (Å²) in [6, 6.07) is 7.07. The van der Waals surface area contributed by atoms with Crippen molar-refractivity contribution in [3.05, 3.63) is 69.1 Å². The minimum Gasteiger partial charge on any atom is -0.503 e. The fourth-order valence-corrected chi connectivity index (χ4v) is 2.02. The highest BCUT2D eigenvalue weighted by molar-refractivity contribution is 5.97. The number of aryl methyl sites for hydroxylation is 1. The molecule has 2 N–H and O–H groups in total. The number of aromatic nitrogens is 1. The average molecular weight is 298 g/mol. The van der Waals surface area contributed by atoms with Gasteiger partial charge in [0.15, 0.2) is 5.75 Å². The molecule has 0 atom stereocenters. The second-order valence-electron chi connectivity index (χ2n) is 5.08. The number of nitrogens with one attached hydrogen (secondary N) is 1.